The van der Waals surface area contributed by atoms with Crippen LogP contribution in [-0.2, 0) is 11.2 Å². The molecule has 0 spiro atoms. The van der Waals surface area contributed by atoms with Crippen LogP contribution >= 0.6 is 11.6 Å². The second-order valence-electron chi connectivity index (χ2n) is 6.79. The van der Waals surface area contributed by atoms with E-state index in [9.17, 15) is 14.0 Å². The maximum absolute atomic E-state index is 14.3. The summed E-state index contributed by atoms with van der Waals surface area (Å²) in [4.78, 5) is 25.7. The third-order valence-corrected chi connectivity index (χ3v) is 4.92. The lowest BCUT2D eigenvalue weighted by atomic mass is 9.97. The molecular weight excluding hydrogens is 373 g/mol. The van der Waals surface area contributed by atoms with E-state index >= 15 is 0 Å². The van der Waals surface area contributed by atoms with E-state index in [1.807, 2.05) is 12.1 Å². The number of nitrogens with zero attached hydrogens (tertiary/aromatic N) is 1. The van der Waals surface area contributed by atoms with Gasteiger partial charge in [0.2, 0.25) is 0 Å². The molecule has 2 aliphatic heterocycles. The summed E-state index contributed by atoms with van der Waals surface area (Å²) in [5.74, 6) is 0.0880. The highest BCUT2D eigenvalue weighted by Crippen LogP contribution is 2.29. The SMILES string of the molecule is O=C1COc2cc(F)c(C(=O)N3CC(COc4cccc(Cl)c4)C3)cc2C1. The fourth-order valence-corrected chi connectivity index (χ4v) is 3.42. The lowest BCUT2D eigenvalue weighted by molar-refractivity contribution is -0.121. The van der Waals surface area contributed by atoms with Crippen molar-refractivity contribution in [1.29, 1.82) is 0 Å². The molecule has 2 aromatic carbocycles. The van der Waals surface area contributed by atoms with Gasteiger partial charge in [-0.15, -0.1) is 0 Å². The van der Waals surface area contributed by atoms with Crippen molar-refractivity contribution in [3.05, 3.63) is 58.4 Å². The van der Waals surface area contributed by atoms with Gasteiger partial charge in [0.05, 0.1) is 12.2 Å². The van der Waals surface area contributed by atoms with Crippen LogP contribution < -0.4 is 9.47 Å². The second-order valence-corrected chi connectivity index (χ2v) is 7.22. The molecule has 1 fully saturated rings. The van der Waals surface area contributed by atoms with E-state index in [4.69, 9.17) is 21.1 Å². The Morgan fingerprint density at radius 1 is 1.30 bits per heavy atom. The predicted molar refractivity (Wildman–Crippen MR) is 96.9 cm³/mol. The molecule has 4 rings (SSSR count). The highest BCUT2D eigenvalue weighted by atomic mass is 35.5. The zero-order chi connectivity index (χ0) is 19.0. The van der Waals surface area contributed by atoms with Gasteiger partial charge in [-0.2, -0.15) is 0 Å². The van der Waals surface area contributed by atoms with Crippen molar-refractivity contribution in [3.63, 3.8) is 0 Å². The first kappa shape index (κ1) is 17.8. The number of fused-ring (bicyclic) bond motifs is 1. The smallest absolute Gasteiger partial charge is 0.256 e. The molecule has 0 aliphatic carbocycles. The van der Waals surface area contributed by atoms with Gasteiger partial charge in [0, 0.05) is 42.1 Å². The summed E-state index contributed by atoms with van der Waals surface area (Å²) in [7, 11) is 0. The maximum Gasteiger partial charge on any atom is 0.256 e. The fraction of sp³-hybridized carbons (Fsp3) is 0.300. The van der Waals surface area contributed by atoms with Gasteiger partial charge < -0.3 is 14.4 Å². The van der Waals surface area contributed by atoms with E-state index in [0.29, 0.717) is 41.8 Å². The summed E-state index contributed by atoms with van der Waals surface area (Å²) < 4.78 is 25.2. The monoisotopic (exact) mass is 389 g/mol. The third kappa shape index (κ3) is 3.76. The van der Waals surface area contributed by atoms with E-state index in [0.717, 1.165) is 0 Å². The van der Waals surface area contributed by atoms with Crippen molar-refractivity contribution < 1.29 is 23.5 Å². The topological polar surface area (TPSA) is 55.8 Å². The van der Waals surface area contributed by atoms with Crippen LogP contribution in [0.2, 0.25) is 5.02 Å². The highest BCUT2D eigenvalue weighted by molar-refractivity contribution is 6.30. The van der Waals surface area contributed by atoms with Crippen LogP contribution in [-0.4, -0.2) is 42.9 Å². The van der Waals surface area contributed by atoms with Crippen LogP contribution in [0, 0.1) is 11.7 Å². The summed E-state index contributed by atoms with van der Waals surface area (Å²) in [6, 6.07) is 9.74. The summed E-state index contributed by atoms with van der Waals surface area (Å²) in [6.45, 7) is 1.38. The number of carbonyl (C=O) groups is 2. The van der Waals surface area contributed by atoms with Crippen molar-refractivity contribution in [2.75, 3.05) is 26.3 Å². The molecule has 0 aromatic heterocycles. The first-order valence-corrected chi connectivity index (χ1v) is 9.02. The van der Waals surface area contributed by atoms with Gasteiger partial charge in [-0.3, -0.25) is 9.59 Å². The maximum atomic E-state index is 14.3. The summed E-state index contributed by atoms with van der Waals surface area (Å²) in [6.07, 6.45) is 0.159. The minimum Gasteiger partial charge on any atom is -0.493 e. The lowest BCUT2D eigenvalue weighted by Gasteiger charge is -2.39. The average molecular weight is 390 g/mol. The van der Waals surface area contributed by atoms with Gasteiger partial charge >= 0.3 is 0 Å². The number of hydrogen-bond donors (Lipinski definition) is 0. The van der Waals surface area contributed by atoms with Crippen molar-refractivity contribution >= 4 is 23.3 Å². The number of amides is 1. The molecular formula is C20H17ClFNO4. The number of rotatable bonds is 4. The molecule has 0 bridgehead atoms. The van der Waals surface area contributed by atoms with Crippen LogP contribution in [0.25, 0.3) is 0 Å². The van der Waals surface area contributed by atoms with Crippen LogP contribution in [0.15, 0.2) is 36.4 Å². The number of ether oxygens (including phenoxy) is 2. The molecule has 5 nitrogen and oxygen atoms in total. The number of ketones is 1. The summed E-state index contributed by atoms with van der Waals surface area (Å²) >= 11 is 5.92. The molecule has 2 heterocycles. The zero-order valence-electron chi connectivity index (χ0n) is 14.4. The standard InChI is InChI=1S/C20H17ClFNO4/c21-14-2-1-3-16(6-14)26-10-12-8-23(9-12)20(25)17-5-13-4-15(24)11-27-19(13)7-18(17)22/h1-3,5-7,12H,4,8-11H2. The van der Waals surface area contributed by atoms with E-state index in [2.05, 4.69) is 0 Å². The quantitative estimate of drug-likeness (QED) is 0.806. The molecule has 0 radical (unpaired) electrons. The summed E-state index contributed by atoms with van der Waals surface area (Å²) in [5, 5.41) is 0.600. The van der Waals surface area contributed by atoms with E-state index in [1.54, 1.807) is 17.0 Å². The zero-order valence-corrected chi connectivity index (χ0v) is 15.2. The van der Waals surface area contributed by atoms with Gasteiger partial charge in [0.25, 0.3) is 5.91 Å². The van der Waals surface area contributed by atoms with Crippen molar-refractivity contribution in [2.45, 2.75) is 6.42 Å². The predicted octanol–water partition coefficient (Wildman–Crippen LogP) is 3.13. The Bertz CT molecular complexity index is 911. The van der Waals surface area contributed by atoms with Crippen LogP contribution in [0.1, 0.15) is 15.9 Å². The normalized spacial score (nSPS) is 16.4. The Labute approximate surface area is 160 Å². The molecule has 0 N–H and O–H groups in total. The van der Waals surface area contributed by atoms with Crippen molar-refractivity contribution in [3.8, 4) is 11.5 Å². The van der Waals surface area contributed by atoms with E-state index in [1.165, 1.54) is 12.1 Å². The van der Waals surface area contributed by atoms with E-state index < -0.39 is 5.82 Å². The van der Waals surface area contributed by atoms with Crippen LogP contribution in [0.4, 0.5) is 4.39 Å². The minimum absolute atomic E-state index is 0.0266. The Hall–Kier alpha value is -2.60. The Morgan fingerprint density at radius 3 is 2.89 bits per heavy atom. The molecule has 2 aromatic rings. The number of hydrogen-bond acceptors (Lipinski definition) is 4. The number of likely N-dealkylation sites (tertiary alicyclic amines) is 1. The van der Waals surface area contributed by atoms with Crippen molar-refractivity contribution in [2.24, 2.45) is 5.92 Å². The van der Waals surface area contributed by atoms with Crippen LogP contribution in [0.5, 0.6) is 11.5 Å². The number of carbonyl (C=O) groups excluding carboxylic acids is 2. The molecule has 0 unspecified atom stereocenters. The van der Waals surface area contributed by atoms with E-state index in [-0.39, 0.29) is 36.2 Å². The minimum atomic E-state index is -0.633. The largest absolute Gasteiger partial charge is 0.493 e. The van der Waals surface area contributed by atoms with Gasteiger partial charge in [0.1, 0.15) is 23.9 Å². The highest BCUT2D eigenvalue weighted by Gasteiger charge is 2.33. The first-order valence-electron chi connectivity index (χ1n) is 8.64. The first-order chi connectivity index (χ1) is 13.0. The molecule has 27 heavy (non-hydrogen) atoms. The fourth-order valence-electron chi connectivity index (χ4n) is 3.24. The average Bonchev–Trinajstić information content (AvgIpc) is 2.60. The number of benzene rings is 2. The van der Waals surface area contributed by atoms with Gasteiger partial charge in [-0.25, -0.2) is 4.39 Å². The third-order valence-electron chi connectivity index (χ3n) is 4.68. The van der Waals surface area contributed by atoms with Crippen LogP contribution in [0.3, 0.4) is 0 Å². The molecule has 0 atom stereocenters. The number of Topliss-reactive ketones (excluding diaryl/α,β-unsaturated/α-hetero) is 1. The molecule has 7 heteroatoms. The molecule has 1 amide bonds. The molecule has 0 saturated carbocycles. The Morgan fingerprint density at radius 2 is 2.11 bits per heavy atom. The summed E-state index contributed by atoms with van der Waals surface area (Å²) in [5.41, 5.74) is 0.527. The Balaban J connectivity index is 1.36. The van der Waals surface area contributed by atoms with Crippen molar-refractivity contribution in [1.82, 2.24) is 4.90 Å². The Kier molecular flexibility index (Phi) is 4.74. The second kappa shape index (κ2) is 7.19. The van der Waals surface area contributed by atoms with Gasteiger partial charge in [-0.05, 0) is 24.3 Å². The van der Waals surface area contributed by atoms with Gasteiger partial charge in [-0.1, -0.05) is 17.7 Å². The molecule has 1 saturated heterocycles. The lowest BCUT2D eigenvalue weighted by Crippen LogP contribution is -2.52. The van der Waals surface area contributed by atoms with Gasteiger partial charge in [0.15, 0.2) is 5.78 Å². The molecule has 140 valence electrons. The molecule has 2 aliphatic rings. The number of halogens is 2.